The Bertz CT molecular complexity index is 1200. The normalized spacial score (nSPS) is 11.8. The van der Waals surface area contributed by atoms with Crippen LogP contribution in [0.1, 0.15) is 25.3 Å². The van der Waals surface area contributed by atoms with E-state index in [0.717, 1.165) is 13.8 Å². The first-order valence-corrected chi connectivity index (χ1v) is 8.02. The Labute approximate surface area is 160 Å². The summed E-state index contributed by atoms with van der Waals surface area (Å²) in [6, 6.07) is 0. The van der Waals surface area contributed by atoms with Crippen LogP contribution in [0.25, 0.3) is 21.9 Å². The molecule has 0 fully saturated rings. The Morgan fingerprint density at radius 1 is 0.367 bits per heavy atom. The number of hydrogen-bond acceptors (Lipinski definition) is 0. The van der Waals surface area contributed by atoms with E-state index in [1.165, 1.54) is 0 Å². The summed E-state index contributed by atoms with van der Waals surface area (Å²) in [6.07, 6.45) is 0. The molecule has 0 N–H and O–H groups in total. The van der Waals surface area contributed by atoms with E-state index in [-0.39, 0.29) is 0 Å². The van der Waals surface area contributed by atoms with Crippen molar-refractivity contribution in [3.63, 3.8) is 0 Å². The van der Waals surface area contributed by atoms with Crippen LogP contribution in [0.4, 0.5) is 48.3 Å². The zero-order valence-corrected chi connectivity index (χ0v) is 14.7. The second-order valence-electron chi connectivity index (χ2n) is 6.52. The molecule has 3 aromatic rings. The average Bonchev–Trinajstić information content (AvgIpc) is 2.68. The molecule has 0 bridgehead atoms. The first-order valence-electron chi connectivity index (χ1n) is 8.02. The predicted molar refractivity (Wildman–Crippen MR) is 83.0 cm³/mol. The summed E-state index contributed by atoms with van der Waals surface area (Å²) < 4.78 is 155. The van der Waals surface area contributed by atoms with Crippen molar-refractivity contribution in [2.24, 2.45) is 0 Å². The molecule has 160 valence electrons. The molecule has 3 rings (SSSR count). The fourth-order valence-corrected chi connectivity index (χ4v) is 3.11. The lowest BCUT2D eigenvalue weighted by Crippen LogP contribution is -2.11. The number of rotatable bonds is 2. The summed E-state index contributed by atoms with van der Waals surface area (Å²) in [5.74, 6) is -28.4. The van der Waals surface area contributed by atoms with Crippen molar-refractivity contribution in [3.05, 3.63) is 69.6 Å². The van der Waals surface area contributed by atoms with Crippen molar-refractivity contribution in [3.8, 4) is 11.1 Å². The van der Waals surface area contributed by atoms with E-state index in [4.69, 9.17) is 0 Å². The van der Waals surface area contributed by atoms with Crippen LogP contribution in [0.5, 0.6) is 0 Å². The number of hydrogen-bond donors (Lipinski definition) is 0. The molecule has 0 aliphatic rings. The molecular formula is C19H7F11. The largest absolute Gasteiger partial charge is 0.206 e. The van der Waals surface area contributed by atoms with Gasteiger partial charge >= 0.3 is 0 Å². The standard InChI is InChI=1S/C19H7F11/c1-3(2)4-9(20)5-6(8-14(25)17(28)19(30)18(29)15(8)26)11(22)16(27)13(24)7(5)12(23)10(4)21/h3H,1-2H3. The summed E-state index contributed by atoms with van der Waals surface area (Å²) in [4.78, 5) is 0. The summed E-state index contributed by atoms with van der Waals surface area (Å²) in [5.41, 5.74) is -5.31. The van der Waals surface area contributed by atoms with Crippen LogP contribution < -0.4 is 0 Å². The predicted octanol–water partition coefficient (Wildman–Crippen LogP) is 7.16. The molecule has 0 heterocycles. The molecule has 30 heavy (non-hydrogen) atoms. The van der Waals surface area contributed by atoms with E-state index in [1.54, 1.807) is 0 Å². The monoisotopic (exact) mass is 444 g/mol. The Kier molecular flexibility index (Phi) is 5.20. The van der Waals surface area contributed by atoms with Gasteiger partial charge in [0.15, 0.2) is 52.4 Å². The topological polar surface area (TPSA) is 0 Å². The summed E-state index contributed by atoms with van der Waals surface area (Å²) >= 11 is 0. The minimum Gasteiger partial charge on any atom is -0.206 e. The molecule has 0 aliphatic carbocycles. The van der Waals surface area contributed by atoms with Crippen molar-refractivity contribution in [1.29, 1.82) is 0 Å². The minimum atomic E-state index is -2.69. The second kappa shape index (κ2) is 7.13. The van der Waals surface area contributed by atoms with E-state index in [0.29, 0.717) is 0 Å². The summed E-state index contributed by atoms with van der Waals surface area (Å²) in [7, 11) is 0. The molecule has 0 aliphatic heterocycles. The van der Waals surface area contributed by atoms with Gasteiger partial charge in [-0.15, -0.1) is 0 Å². The molecule has 0 aromatic heterocycles. The van der Waals surface area contributed by atoms with Gasteiger partial charge in [-0.2, -0.15) is 0 Å². The fraction of sp³-hybridized carbons (Fsp3) is 0.158. The maximum Gasteiger partial charge on any atom is 0.200 e. The number of halogens is 11. The Hall–Kier alpha value is -2.85. The minimum absolute atomic E-state index is 1.11. The highest BCUT2D eigenvalue weighted by Gasteiger charge is 2.36. The molecule has 11 heteroatoms. The lowest BCUT2D eigenvalue weighted by atomic mass is 9.90. The molecule has 0 unspecified atom stereocenters. The van der Waals surface area contributed by atoms with Crippen molar-refractivity contribution < 1.29 is 48.3 Å². The molecule has 0 spiro atoms. The first kappa shape index (κ1) is 21.8. The summed E-state index contributed by atoms with van der Waals surface area (Å²) in [6.45, 7) is 2.22. The Balaban J connectivity index is 2.75. The molecule has 0 saturated carbocycles. The molecular weight excluding hydrogens is 437 g/mol. The number of benzene rings is 3. The van der Waals surface area contributed by atoms with Crippen LogP contribution in [0.15, 0.2) is 0 Å². The lowest BCUT2D eigenvalue weighted by molar-refractivity contribution is 0.380. The highest BCUT2D eigenvalue weighted by molar-refractivity contribution is 5.99. The average molecular weight is 444 g/mol. The molecule has 0 nitrogen and oxygen atoms in total. The maximum atomic E-state index is 15.0. The summed E-state index contributed by atoms with van der Waals surface area (Å²) in [5, 5.41) is -3.62. The van der Waals surface area contributed by atoms with Crippen LogP contribution in [-0.4, -0.2) is 0 Å². The molecule has 0 radical (unpaired) electrons. The van der Waals surface area contributed by atoms with E-state index < -0.39 is 97.4 Å². The highest BCUT2D eigenvalue weighted by Crippen LogP contribution is 2.44. The van der Waals surface area contributed by atoms with Gasteiger partial charge in [0.25, 0.3) is 0 Å². The third-order valence-corrected chi connectivity index (χ3v) is 4.47. The van der Waals surface area contributed by atoms with E-state index in [1.807, 2.05) is 0 Å². The van der Waals surface area contributed by atoms with Gasteiger partial charge in [-0.3, -0.25) is 0 Å². The Morgan fingerprint density at radius 2 is 0.733 bits per heavy atom. The smallest absolute Gasteiger partial charge is 0.200 e. The lowest BCUT2D eigenvalue weighted by Gasteiger charge is -2.18. The van der Waals surface area contributed by atoms with Gasteiger partial charge in [0.2, 0.25) is 5.82 Å². The fourth-order valence-electron chi connectivity index (χ4n) is 3.11. The van der Waals surface area contributed by atoms with Gasteiger partial charge < -0.3 is 0 Å². The molecule has 0 amide bonds. The molecule has 0 atom stereocenters. The SMILES string of the molecule is CC(C)c1c(F)c(F)c2c(F)c(F)c(F)c(-c3c(F)c(F)c(F)c(F)c3F)c2c1F. The van der Waals surface area contributed by atoms with E-state index in [9.17, 15) is 48.3 Å². The van der Waals surface area contributed by atoms with Gasteiger partial charge in [0, 0.05) is 16.5 Å². The van der Waals surface area contributed by atoms with Crippen molar-refractivity contribution in [2.45, 2.75) is 19.8 Å². The molecule has 0 saturated heterocycles. The quantitative estimate of drug-likeness (QED) is 0.224. The van der Waals surface area contributed by atoms with Crippen LogP contribution in [0.3, 0.4) is 0 Å². The van der Waals surface area contributed by atoms with Gasteiger partial charge in [0.05, 0.1) is 10.9 Å². The highest BCUT2D eigenvalue weighted by atomic mass is 19.2. The maximum absolute atomic E-state index is 15.0. The van der Waals surface area contributed by atoms with Crippen LogP contribution in [-0.2, 0) is 0 Å². The number of fused-ring (bicyclic) bond motifs is 1. The van der Waals surface area contributed by atoms with Gasteiger partial charge in [0.1, 0.15) is 5.82 Å². The zero-order chi connectivity index (χ0) is 22.8. The van der Waals surface area contributed by atoms with Gasteiger partial charge in [-0.25, -0.2) is 48.3 Å². The van der Waals surface area contributed by atoms with E-state index >= 15 is 0 Å². The van der Waals surface area contributed by atoms with Crippen molar-refractivity contribution >= 4 is 10.8 Å². The van der Waals surface area contributed by atoms with Crippen molar-refractivity contribution in [1.82, 2.24) is 0 Å². The van der Waals surface area contributed by atoms with Crippen molar-refractivity contribution in [2.75, 3.05) is 0 Å². The third kappa shape index (κ3) is 2.74. The first-order chi connectivity index (χ1) is 13.8. The van der Waals surface area contributed by atoms with E-state index in [2.05, 4.69) is 0 Å². The van der Waals surface area contributed by atoms with Gasteiger partial charge in [-0.05, 0) is 5.92 Å². The Morgan fingerprint density at radius 3 is 1.20 bits per heavy atom. The van der Waals surface area contributed by atoms with Gasteiger partial charge in [-0.1, -0.05) is 13.8 Å². The second-order valence-corrected chi connectivity index (χ2v) is 6.52. The zero-order valence-electron chi connectivity index (χ0n) is 14.7. The van der Waals surface area contributed by atoms with Crippen LogP contribution in [0, 0.1) is 64.0 Å². The van der Waals surface area contributed by atoms with Crippen LogP contribution in [0.2, 0.25) is 0 Å². The van der Waals surface area contributed by atoms with Crippen LogP contribution >= 0.6 is 0 Å². The molecule has 3 aromatic carbocycles. The third-order valence-electron chi connectivity index (χ3n) is 4.47.